The number of hydrazone groups is 1. The smallest absolute Gasteiger partial charge is 0.269 e. The maximum Gasteiger partial charge on any atom is 0.269 e. The molecule has 0 aromatic heterocycles. The number of amides is 1. The van der Waals surface area contributed by atoms with Crippen molar-refractivity contribution in [3.63, 3.8) is 0 Å². The molecule has 1 heterocycles. The maximum absolute atomic E-state index is 10.4. The van der Waals surface area contributed by atoms with E-state index in [1.165, 1.54) is 6.08 Å². The normalized spacial score (nSPS) is 16.0. The van der Waals surface area contributed by atoms with Gasteiger partial charge in [0.2, 0.25) is 0 Å². The van der Waals surface area contributed by atoms with E-state index in [1.807, 2.05) is 0 Å². The van der Waals surface area contributed by atoms with Crippen LogP contribution in [0.1, 0.15) is 0 Å². The monoisotopic (exact) mass is 137 g/mol. The zero-order valence-corrected chi connectivity index (χ0v) is 5.29. The van der Waals surface area contributed by atoms with E-state index < -0.39 is 5.91 Å². The Hall–Kier alpha value is -1.58. The Morgan fingerprint density at radius 3 is 2.80 bits per heavy atom. The van der Waals surface area contributed by atoms with Crippen LogP contribution < -0.4 is 11.2 Å². The number of carbonyl (C=O) groups is 1. The van der Waals surface area contributed by atoms with Crippen LogP contribution in [0.15, 0.2) is 29.5 Å². The fourth-order valence-corrected chi connectivity index (χ4v) is 0.523. The standard InChI is InChI=1S/C6H7N3O/c1-4-2-3-5(6(7)10)9-8-4/h2-3,8H,1H2,(H2,7,10). The summed E-state index contributed by atoms with van der Waals surface area (Å²) < 4.78 is 0. The third kappa shape index (κ3) is 1.22. The van der Waals surface area contributed by atoms with Gasteiger partial charge < -0.3 is 5.73 Å². The number of nitrogens with two attached hydrogens (primary N) is 1. The molecular formula is C6H7N3O. The molecule has 4 heteroatoms. The molecule has 0 aromatic rings. The predicted octanol–water partition coefficient (Wildman–Crippen LogP) is -0.499. The summed E-state index contributed by atoms with van der Waals surface area (Å²) in [6.07, 6.45) is 3.15. The highest BCUT2D eigenvalue weighted by atomic mass is 16.1. The van der Waals surface area contributed by atoms with Crippen LogP contribution in [0, 0.1) is 0 Å². The lowest BCUT2D eigenvalue weighted by molar-refractivity contribution is -0.111. The molecule has 10 heavy (non-hydrogen) atoms. The molecule has 0 aromatic carbocycles. The summed E-state index contributed by atoms with van der Waals surface area (Å²) in [5.41, 5.74) is 8.30. The van der Waals surface area contributed by atoms with Crippen LogP contribution in [0.5, 0.6) is 0 Å². The molecule has 4 nitrogen and oxygen atoms in total. The lowest BCUT2D eigenvalue weighted by Crippen LogP contribution is -2.26. The van der Waals surface area contributed by atoms with Crippen LogP contribution in [0.3, 0.4) is 0 Å². The summed E-state index contributed by atoms with van der Waals surface area (Å²) in [7, 11) is 0. The molecule has 0 bridgehead atoms. The van der Waals surface area contributed by atoms with Crippen LogP contribution in [-0.4, -0.2) is 11.6 Å². The van der Waals surface area contributed by atoms with Gasteiger partial charge in [0.25, 0.3) is 5.91 Å². The highest BCUT2D eigenvalue weighted by Crippen LogP contribution is 1.94. The van der Waals surface area contributed by atoms with Gasteiger partial charge in [0.1, 0.15) is 5.71 Å². The molecular weight excluding hydrogens is 130 g/mol. The zero-order valence-electron chi connectivity index (χ0n) is 5.29. The maximum atomic E-state index is 10.4. The van der Waals surface area contributed by atoms with Gasteiger partial charge in [-0.25, -0.2) is 0 Å². The van der Waals surface area contributed by atoms with Gasteiger partial charge in [0.15, 0.2) is 0 Å². The Bertz CT molecular complexity index is 239. The topological polar surface area (TPSA) is 67.5 Å². The Labute approximate surface area is 58.1 Å². The number of hydrogen-bond acceptors (Lipinski definition) is 3. The lowest BCUT2D eigenvalue weighted by atomic mass is 10.3. The van der Waals surface area contributed by atoms with Crippen LogP contribution >= 0.6 is 0 Å². The van der Waals surface area contributed by atoms with Gasteiger partial charge in [-0.15, -0.1) is 0 Å². The largest absolute Gasteiger partial charge is 0.364 e. The fourth-order valence-electron chi connectivity index (χ4n) is 0.523. The van der Waals surface area contributed by atoms with Crippen molar-refractivity contribution in [3.05, 3.63) is 24.4 Å². The van der Waals surface area contributed by atoms with Gasteiger partial charge in [0, 0.05) is 5.70 Å². The Morgan fingerprint density at radius 1 is 1.70 bits per heavy atom. The third-order valence-corrected chi connectivity index (χ3v) is 1.01. The number of allylic oxidation sites excluding steroid dienone is 1. The van der Waals surface area contributed by atoms with E-state index in [-0.39, 0.29) is 5.71 Å². The average molecular weight is 137 g/mol. The minimum Gasteiger partial charge on any atom is -0.364 e. The first kappa shape index (κ1) is 6.54. The second-order valence-electron chi connectivity index (χ2n) is 1.83. The van der Waals surface area contributed by atoms with E-state index in [0.29, 0.717) is 5.70 Å². The van der Waals surface area contributed by atoms with E-state index in [0.717, 1.165) is 0 Å². The van der Waals surface area contributed by atoms with Gasteiger partial charge in [-0.05, 0) is 12.2 Å². The van der Waals surface area contributed by atoms with Gasteiger partial charge >= 0.3 is 0 Å². The number of nitrogens with zero attached hydrogens (tertiary/aromatic N) is 1. The van der Waals surface area contributed by atoms with Crippen molar-refractivity contribution >= 4 is 11.6 Å². The summed E-state index contributed by atoms with van der Waals surface area (Å²) in [6.45, 7) is 3.55. The van der Waals surface area contributed by atoms with Crippen LogP contribution in [0.2, 0.25) is 0 Å². The molecule has 0 unspecified atom stereocenters. The first-order valence-electron chi connectivity index (χ1n) is 2.70. The molecule has 52 valence electrons. The van der Waals surface area contributed by atoms with Crippen LogP contribution in [0.4, 0.5) is 0 Å². The molecule has 0 saturated heterocycles. The first-order chi connectivity index (χ1) is 4.70. The Kier molecular flexibility index (Phi) is 1.53. The minimum absolute atomic E-state index is 0.215. The summed E-state index contributed by atoms with van der Waals surface area (Å²) in [5.74, 6) is -0.545. The molecule has 0 spiro atoms. The first-order valence-corrected chi connectivity index (χ1v) is 2.70. The number of rotatable bonds is 1. The van der Waals surface area contributed by atoms with E-state index >= 15 is 0 Å². The number of primary amides is 1. The second kappa shape index (κ2) is 2.34. The van der Waals surface area contributed by atoms with Crippen molar-refractivity contribution in [2.45, 2.75) is 0 Å². The summed E-state index contributed by atoms with van der Waals surface area (Å²) in [5, 5.41) is 3.62. The molecule has 0 aliphatic carbocycles. The average Bonchev–Trinajstić information content (AvgIpc) is 1.88. The van der Waals surface area contributed by atoms with E-state index in [9.17, 15) is 4.79 Å². The Balaban J connectivity index is 2.77. The SMILES string of the molecule is C=C1C=CC(C(N)=O)=NN1. The lowest BCUT2D eigenvalue weighted by Gasteiger charge is -2.04. The van der Waals surface area contributed by atoms with Crippen molar-refractivity contribution < 1.29 is 4.79 Å². The van der Waals surface area contributed by atoms with Crippen LogP contribution in [0.25, 0.3) is 0 Å². The second-order valence-corrected chi connectivity index (χ2v) is 1.83. The van der Waals surface area contributed by atoms with Gasteiger partial charge in [0.05, 0.1) is 0 Å². The number of carbonyl (C=O) groups excluding carboxylic acids is 1. The van der Waals surface area contributed by atoms with E-state index in [1.54, 1.807) is 6.08 Å². The molecule has 0 fully saturated rings. The van der Waals surface area contributed by atoms with Crippen molar-refractivity contribution in [3.8, 4) is 0 Å². The zero-order chi connectivity index (χ0) is 7.56. The van der Waals surface area contributed by atoms with Crippen molar-refractivity contribution in [1.29, 1.82) is 0 Å². The molecule has 0 saturated carbocycles. The van der Waals surface area contributed by atoms with E-state index in [2.05, 4.69) is 17.1 Å². The molecule has 3 N–H and O–H groups in total. The number of nitrogens with one attached hydrogen (secondary N) is 1. The molecule has 1 rings (SSSR count). The summed E-state index contributed by atoms with van der Waals surface area (Å²) in [6, 6.07) is 0. The van der Waals surface area contributed by atoms with Gasteiger partial charge in [-0.1, -0.05) is 6.58 Å². The summed E-state index contributed by atoms with van der Waals surface area (Å²) >= 11 is 0. The summed E-state index contributed by atoms with van der Waals surface area (Å²) in [4.78, 5) is 10.4. The van der Waals surface area contributed by atoms with Crippen molar-refractivity contribution in [1.82, 2.24) is 5.43 Å². The predicted molar refractivity (Wildman–Crippen MR) is 38.0 cm³/mol. The van der Waals surface area contributed by atoms with Crippen molar-refractivity contribution in [2.75, 3.05) is 0 Å². The highest BCUT2D eigenvalue weighted by molar-refractivity contribution is 6.43. The van der Waals surface area contributed by atoms with E-state index in [4.69, 9.17) is 5.73 Å². The third-order valence-electron chi connectivity index (χ3n) is 1.01. The quantitative estimate of drug-likeness (QED) is 0.511. The molecule has 1 aliphatic heterocycles. The highest BCUT2D eigenvalue weighted by Gasteiger charge is 2.05. The molecule has 0 atom stereocenters. The molecule has 1 aliphatic rings. The minimum atomic E-state index is -0.545. The van der Waals surface area contributed by atoms with Crippen LogP contribution in [-0.2, 0) is 4.79 Å². The molecule has 0 radical (unpaired) electrons. The fraction of sp³-hybridized carbons (Fsp3) is 0. The van der Waals surface area contributed by atoms with Gasteiger partial charge in [-0.2, -0.15) is 5.10 Å². The molecule has 1 amide bonds. The number of hydrogen-bond donors (Lipinski definition) is 2. The van der Waals surface area contributed by atoms with Gasteiger partial charge in [-0.3, -0.25) is 10.2 Å². The Morgan fingerprint density at radius 2 is 2.40 bits per heavy atom. The van der Waals surface area contributed by atoms with Crippen molar-refractivity contribution in [2.24, 2.45) is 10.8 Å².